The van der Waals surface area contributed by atoms with Crippen LogP contribution in [-0.4, -0.2) is 34.2 Å². The third-order valence-electron chi connectivity index (χ3n) is 2.21. The van der Waals surface area contributed by atoms with Crippen molar-refractivity contribution in [3.63, 3.8) is 0 Å². The fourth-order valence-corrected chi connectivity index (χ4v) is 1.35. The van der Waals surface area contributed by atoms with E-state index in [1.54, 1.807) is 12.1 Å². The van der Waals surface area contributed by atoms with Gasteiger partial charge in [0.1, 0.15) is 5.75 Å². The highest BCUT2D eigenvalue weighted by Crippen LogP contribution is 2.14. The molecule has 1 N–H and O–H groups in total. The number of halogens is 2. The predicted molar refractivity (Wildman–Crippen MR) is 78.0 cm³/mol. The number of nitrogens with zero attached hydrogens (tertiary/aromatic N) is 1. The van der Waals surface area contributed by atoms with E-state index in [0.717, 1.165) is 6.42 Å². The minimum atomic E-state index is -1.44. The lowest BCUT2D eigenvalue weighted by molar-refractivity contribution is -0.141. The van der Waals surface area contributed by atoms with E-state index in [-0.39, 0.29) is 5.56 Å². The summed E-state index contributed by atoms with van der Waals surface area (Å²) in [6.45, 7) is 2.53. The molecule has 114 valence electrons. The molecule has 0 spiro atoms. The average molecular weight is 334 g/mol. The van der Waals surface area contributed by atoms with E-state index < -0.39 is 22.5 Å². The smallest absolute Gasteiger partial charge is 0.367 e. The zero-order chi connectivity index (χ0) is 15.8. The van der Waals surface area contributed by atoms with Gasteiger partial charge in [-0.3, -0.25) is 0 Å². The number of oxime groups is 1. The first-order valence-corrected chi connectivity index (χ1v) is 6.86. The Kier molecular flexibility index (Phi) is 6.98. The topological polar surface area (TPSA) is 85.2 Å². The van der Waals surface area contributed by atoms with E-state index in [1.807, 2.05) is 6.92 Å². The SMILES string of the molecule is CCCOc1ccc(C(=NOC(=O)C(Cl)Cl)C(=O)O)cc1. The molecule has 0 amide bonds. The van der Waals surface area contributed by atoms with Crippen LogP contribution in [-0.2, 0) is 14.4 Å². The lowest BCUT2D eigenvalue weighted by Gasteiger charge is -2.06. The number of hydrogen-bond acceptors (Lipinski definition) is 5. The summed E-state index contributed by atoms with van der Waals surface area (Å²) >= 11 is 10.5. The molecule has 8 heteroatoms. The highest BCUT2D eigenvalue weighted by molar-refractivity contribution is 6.53. The number of benzene rings is 1. The summed E-state index contributed by atoms with van der Waals surface area (Å²) in [5.41, 5.74) is -0.195. The van der Waals surface area contributed by atoms with Crippen LogP contribution in [0.3, 0.4) is 0 Å². The van der Waals surface area contributed by atoms with Gasteiger partial charge in [0.15, 0.2) is 5.71 Å². The van der Waals surface area contributed by atoms with Crippen molar-refractivity contribution in [1.82, 2.24) is 0 Å². The van der Waals surface area contributed by atoms with Crippen molar-refractivity contribution in [1.29, 1.82) is 0 Å². The summed E-state index contributed by atoms with van der Waals surface area (Å²) < 4.78 is 5.37. The maximum absolute atomic E-state index is 11.1. The van der Waals surface area contributed by atoms with Gasteiger partial charge in [-0.25, -0.2) is 9.59 Å². The largest absolute Gasteiger partial charge is 0.494 e. The molecule has 0 aliphatic carbocycles. The first-order chi connectivity index (χ1) is 9.95. The van der Waals surface area contributed by atoms with Gasteiger partial charge in [-0.2, -0.15) is 0 Å². The molecule has 0 aliphatic heterocycles. The van der Waals surface area contributed by atoms with Crippen molar-refractivity contribution in [2.24, 2.45) is 5.16 Å². The van der Waals surface area contributed by atoms with E-state index in [4.69, 9.17) is 33.0 Å². The quantitative estimate of drug-likeness (QED) is 0.359. The molecule has 0 atom stereocenters. The van der Waals surface area contributed by atoms with Crippen LogP contribution in [0, 0.1) is 0 Å². The van der Waals surface area contributed by atoms with E-state index in [0.29, 0.717) is 12.4 Å². The zero-order valence-electron chi connectivity index (χ0n) is 11.1. The lowest BCUT2D eigenvalue weighted by atomic mass is 10.1. The first-order valence-electron chi connectivity index (χ1n) is 5.99. The summed E-state index contributed by atoms with van der Waals surface area (Å²) in [6, 6.07) is 6.17. The number of hydrogen-bond donors (Lipinski definition) is 1. The summed E-state index contributed by atoms with van der Waals surface area (Å²) in [4.78, 5) is 25.1. The number of carboxylic acids is 1. The van der Waals surface area contributed by atoms with Crippen molar-refractivity contribution < 1.29 is 24.3 Å². The van der Waals surface area contributed by atoms with Gasteiger partial charge in [0, 0.05) is 5.56 Å². The fraction of sp³-hybridized carbons (Fsp3) is 0.308. The van der Waals surface area contributed by atoms with Crippen molar-refractivity contribution in [3.05, 3.63) is 29.8 Å². The molecule has 21 heavy (non-hydrogen) atoms. The average Bonchev–Trinajstić information content (AvgIpc) is 2.45. The van der Waals surface area contributed by atoms with Crippen molar-refractivity contribution >= 4 is 40.9 Å². The molecule has 1 rings (SSSR count). The molecule has 0 saturated carbocycles. The van der Waals surface area contributed by atoms with Gasteiger partial charge in [-0.15, -0.1) is 0 Å². The predicted octanol–water partition coefficient (Wildman–Crippen LogP) is 2.61. The highest BCUT2D eigenvalue weighted by Gasteiger charge is 2.18. The van der Waals surface area contributed by atoms with E-state index in [2.05, 4.69) is 9.99 Å². The molecule has 0 bridgehead atoms. The molecule has 0 radical (unpaired) electrons. The van der Waals surface area contributed by atoms with Crippen molar-refractivity contribution in [2.75, 3.05) is 6.61 Å². The number of carbonyl (C=O) groups is 2. The Morgan fingerprint density at radius 1 is 1.29 bits per heavy atom. The third kappa shape index (κ3) is 5.61. The summed E-state index contributed by atoms with van der Waals surface area (Å²) in [5, 5.41) is 12.3. The maximum atomic E-state index is 11.1. The fourth-order valence-electron chi connectivity index (χ4n) is 1.27. The maximum Gasteiger partial charge on any atom is 0.367 e. The van der Waals surface area contributed by atoms with E-state index >= 15 is 0 Å². The van der Waals surface area contributed by atoms with Crippen LogP contribution in [0.15, 0.2) is 29.4 Å². The molecule has 0 saturated heterocycles. The molecule has 0 aliphatic rings. The van der Waals surface area contributed by atoms with Crippen LogP contribution in [0.4, 0.5) is 0 Å². The molecule has 0 unspecified atom stereocenters. The minimum absolute atomic E-state index is 0.250. The third-order valence-corrected chi connectivity index (χ3v) is 2.56. The number of alkyl halides is 2. The first kappa shape index (κ1) is 17.3. The van der Waals surface area contributed by atoms with Gasteiger partial charge in [0.2, 0.25) is 4.84 Å². The second-order valence-corrected chi connectivity index (χ2v) is 4.93. The monoisotopic (exact) mass is 333 g/mol. The van der Waals surface area contributed by atoms with Crippen LogP contribution >= 0.6 is 23.2 Å². The van der Waals surface area contributed by atoms with Crippen molar-refractivity contribution in [3.8, 4) is 5.75 Å². The normalized spacial score (nSPS) is 11.3. The Balaban J connectivity index is 2.88. The lowest BCUT2D eigenvalue weighted by Crippen LogP contribution is -2.17. The second-order valence-electron chi connectivity index (χ2n) is 3.83. The highest BCUT2D eigenvalue weighted by atomic mass is 35.5. The van der Waals surface area contributed by atoms with Gasteiger partial charge >= 0.3 is 11.9 Å². The number of ether oxygens (including phenoxy) is 1. The molecular formula is C13H13Cl2NO5. The molecule has 0 aromatic heterocycles. The minimum Gasteiger partial charge on any atom is -0.494 e. The molecule has 1 aromatic carbocycles. The molecule has 0 fully saturated rings. The Labute approximate surface area is 131 Å². The molecule has 0 heterocycles. The van der Waals surface area contributed by atoms with E-state index in [1.165, 1.54) is 12.1 Å². The van der Waals surface area contributed by atoms with Gasteiger partial charge in [0.05, 0.1) is 6.61 Å². The zero-order valence-corrected chi connectivity index (χ0v) is 12.6. The Bertz CT molecular complexity index is 528. The summed E-state index contributed by atoms with van der Waals surface area (Å²) in [5.74, 6) is -1.81. The van der Waals surface area contributed by atoms with Crippen LogP contribution in [0.25, 0.3) is 0 Å². The number of carboxylic acid groups (broad SMARTS) is 1. The Morgan fingerprint density at radius 2 is 1.90 bits per heavy atom. The molecular weight excluding hydrogens is 321 g/mol. The van der Waals surface area contributed by atoms with Crippen molar-refractivity contribution in [2.45, 2.75) is 18.2 Å². The van der Waals surface area contributed by atoms with Crippen LogP contribution in [0.1, 0.15) is 18.9 Å². The van der Waals surface area contributed by atoms with Gasteiger partial charge in [-0.1, -0.05) is 35.3 Å². The second kappa shape index (κ2) is 8.49. The molecule has 6 nitrogen and oxygen atoms in total. The summed E-state index contributed by atoms with van der Waals surface area (Å²) in [7, 11) is 0. The van der Waals surface area contributed by atoms with Gasteiger partial charge in [0.25, 0.3) is 0 Å². The number of aliphatic carboxylic acids is 1. The van der Waals surface area contributed by atoms with Crippen LogP contribution < -0.4 is 4.74 Å². The summed E-state index contributed by atoms with van der Waals surface area (Å²) in [6.07, 6.45) is 0.859. The van der Waals surface area contributed by atoms with Crippen LogP contribution in [0.2, 0.25) is 0 Å². The number of carbonyl (C=O) groups excluding carboxylic acids is 1. The van der Waals surface area contributed by atoms with E-state index in [9.17, 15) is 9.59 Å². The number of rotatable bonds is 7. The van der Waals surface area contributed by atoms with Gasteiger partial charge in [-0.05, 0) is 30.7 Å². The Morgan fingerprint density at radius 3 is 2.38 bits per heavy atom. The molecule has 1 aromatic rings. The van der Waals surface area contributed by atoms with Gasteiger partial charge < -0.3 is 14.7 Å². The van der Waals surface area contributed by atoms with Crippen LogP contribution in [0.5, 0.6) is 5.75 Å². The Hall–Kier alpha value is -1.79. The standard InChI is InChI=1S/C13H13Cl2NO5/c1-2-7-20-9-5-3-8(4-6-9)10(12(17)18)16-21-13(19)11(14)15/h3-6,11H,2,7H2,1H3,(H,17,18).